The number of amides is 3. The summed E-state index contributed by atoms with van der Waals surface area (Å²) in [5.41, 5.74) is 3.41. The van der Waals surface area contributed by atoms with Crippen molar-refractivity contribution in [2.45, 2.75) is 30.4 Å². The lowest BCUT2D eigenvalue weighted by molar-refractivity contribution is -0.116. The van der Waals surface area contributed by atoms with Crippen LogP contribution in [0.4, 0.5) is 11.4 Å². The van der Waals surface area contributed by atoms with Gasteiger partial charge in [0, 0.05) is 26.9 Å². The van der Waals surface area contributed by atoms with E-state index in [0.29, 0.717) is 28.4 Å². The first-order chi connectivity index (χ1) is 19.3. The van der Waals surface area contributed by atoms with E-state index in [9.17, 15) is 14.4 Å². The SMILES string of the molecule is CCC(Sc1cccc(NC(=O)/C(=C/c2ccsc2)NC(=O)c2ccccc2)c1)C(=O)Nc1cccc(Cl)c1C. The summed E-state index contributed by atoms with van der Waals surface area (Å²) in [5.74, 6) is -0.968. The van der Waals surface area contributed by atoms with Crippen LogP contribution >= 0.6 is 34.7 Å². The lowest BCUT2D eigenvalue weighted by atomic mass is 10.2. The molecule has 0 saturated heterocycles. The van der Waals surface area contributed by atoms with Crippen molar-refractivity contribution in [3.63, 3.8) is 0 Å². The second kappa shape index (κ2) is 14.0. The monoisotopic (exact) mass is 589 g/mol. The lowest BCUT2D eigenvalue weighted by Gasteiger charge is -2.17. The minimum atomic E-state index is -0.459. The number of nitrogens with one attached hydrogen (secondary N) is 3. The highest BCUT2D eigenvalue weighted by molar-refractivity contribution is 8.00. The molecule has 0 bridgehead atoms. The Balaban J connectivity index is 1.47. The Hall–Kier alpha value is -3.85. The fraction of sp³-hybridized carbons (Fsp3) is 0.129. The van der Waals surface area contributed by atoms with E-state index in [2.05, 4.69) is 16.0 Å². The number of halogens is 1. The van der Waals surface area contributed by atoms with E-state index in [0.717, 1.165) is 16.0 Å². The molecule has 9 heteroatoms. The Morgan fingerprint density at radius 1 is 0.975 bits per heavy atom. The van der Waals surface area contributed by atoms with Crippen LogP contribution < -0.4 is 16.0 Å². The Labute approximate surface area is 246 Å². The van der Waals surface area contributed by atoms with E-state index < -0.39 is 5.91 Å². The third-order valence-electron chi connectivity index (χ3n) is 5.94. The van der Waals surface area contributed by atoms with Gasteiger partial charge < -0.3 is 16.0 Å². The standard InChI is InChI=1S/C31H28ClN3O3S2/c1-3-28(31(38)34-26-14-8-13-25(32)20(26)2)40-24-12-7-11-23(18-24)33-30(37)27(17-21-15-16-39-19-21)35-29(36)22-9-5-4-6-10-22/h4-19,28H,3H2,1-2H3,(H,33,37)(H,34,38)(H,35,36)/b27-17-. The highest BCUT2D eigenvalue weighted by atomic mass is 35.5. The fourth-order valence-corrected chi connectivity index (χ4v) is 5.56. The summed E-state index contributed by atoms with van der Waals surface area (Å²) in [6.45, 7) is 3.81. The van der Waals surface area contributed by atoms with Crippen LogP contribution in [-0.4, -0.2) is 23.0 Å². The predicted octanol–water partition coefficient (Wildman–Crippen LogP) is 7.63. The first kappa shape index (κ1) is 29.1. The second-order valence-electron chi connectivity index (χ2n) is 8.83. The molecule has 6 nitrogen and oxygen atoms in total. The molecule has 3 N–H and O–H groups in total. The average Bonchev–Trinajstić information content (AvgIpc) is 3.47. The quantitative estimate of drug-likeness (QED) is 0.131. The summed E-state index contributed by atoms with van der Waals surface area (Å²) in [7, 11) is 0. The van der Waals surface area contributed by atoms with Gasteiger partial charge in [-0.25, -0.2) is 0 Å². The van der Waals surface area contributed by atoms with Crippen molar-refractivity contribution < 1.29 is 14.4 Å². The molecule has 1 unspecified atom stereocenters. The van der Waals surface area contributed by atoms with Crippen molar-refractivity contribution in [3.05, 3.63) is 117 Å². The molecule has 4 rings (SSSR count). The van der Waals surface area contributed by atoms with Crippen molar-refractivity contribution in [2.75, 3.05) is 10.6 Å². The van der Waals surface area contributed by atoms with Crippen LogP contribution in [0.2, 0.25) is 5.02 Å². The van der Waals surface area contributed by atoms with Gasteiger partial charge in [-0.3, -0.25) is 14.4 Å². The summed E-state index contributed by atoms with van der Waals surface area (Å²) in [5, 5.41) is 12.6. The maximum absolute atomic E-state index is 13.3. The number of benzene rings is 3. The molecule has 0 spiro atoms. The van der Waals surface area contributed by atoms with Gasteiger partial charge in [0.15, 0.2) is 0 Å². The maximum atomic E-state index is 13.3. The van der Waals surface area contributed by atoms with Crippen LogP contribution in [0.1, 0.15) is 34.8 Å². The molecule has 3 amide bonds. The van der Waals surface area contributed by atoms with Crippen LogP contribution in [0.5, 0.6) is 0 Å². The number of carbonyl (C=O) groups excluding carboxylic acids is 3. The van der Waals surface area contributed by atoms with Gasteiger partial charge in [-0.1, -0.05) is 48.9 Å². The highest BCUT2D eigenvalue weighted by Gasteiger charge is 2.20. The van der Waals surface area contributed by atoms with E-state index in [-0.39, 0.29) is 22.8 Å². The summed E-state index contributed by atoms with van der Waals surface area (Å²) in [4.78, 5) is 40.0. The fourth-order valence-electron chi connectivity index (χ4n) is 3.75. The van der Waals surface area contributed by atoms with Crippen molar-refractivity contribution in [1.29, 1.82) is 0 Å². The van der Waals surface area contributed by atoms with Gasteiger partial charge >= 0.3 is 0 Å². The molecule has 0 aliphatic carbocycles. The molecule has 0 aliphatic heterocycles. The molecular weight excluding hydrogens is 562 g/mol. The third kappa shape index (κ3) is 7.85. The Morgan fingerprint density at radius 2 is 1.75 bits per heavy atom. The predicted molar refractivity (Wildman–Crippen MR) is 166 cm³/mol. The topological polar surface area (TPSA) is 87.3 Å². The van der Waals surface area contributed by atoms with Gasteiger partial charge in [0.05, 0.1) is 5.25 Å². The number of carbonyl (C=O) groups is 3. The normalized spacial score (nSPS) is 11.9. The van der Waals surface area contributed by atoms with E-state index in [4.69, 9.17) is 11.6 Å². The largest absolute Gasteiger partial charge is 0.325 e. The molecule has 1 aromatic heterocycles. The first-order valence-corrected chi connectivity index (χ1v) is 14.8. The minimum Gasteiger partial charge on any atom is -0.325 e. The number of thioether (sulfide) groups is 1. The molecular formula is C31H28ClN3O3S2. The highest BCUT2D eigenvalue weighted by Crippen LogP contribution is 2.30. The number of thiophene rings is 1. The lowest BCUT2D eigenvalue weighted by Crippen LogP contribution is -2.30. The Bertz CT molecular complexity index is 1520. The van der Waals surface area contributed by atoms with E-state index in [1.54, 1.807) is 48.5 Å². The van der Waals surface area contributed by atoms with Crippen molar-refractivity contribution in [1.82, 2.24) is 5.32 Å². The third-order valence-corrected chi connectivity index (χ3v) is 8.41. The number of rotatable bonds is 10. The maximum Gasteiger partial charge on any atom is 0.272 e. The van der Waals surface area contributed by atoms with Crippen LogP contribution in [0.15, 0.2) is 100 Å². The summed E-state index contributed by atoms with van der Waals surface area (Å²) >= 11 is 9.11. The molecule has 1 atom stereocenters. The van der Waals surface area contributed by atoms with E-state index in [1.807, 2.05) is 61.0 Å². The number of hydrogen-bond donors (Lipinski definition) is 3. The minimum absolute atomic E-state index is 0.119. The molecule has 1 heterocycles. The van der Waals surface area contributed by atoms with Crippen molar-refractivity contribution >= 4 is 69.9 Å². The van der Waals surface area contributed by atoms with Gasteiger partial charge in [-0.15, -0.1) is 11.8 Å². The average molecular weight is 590 g/mol. The van der Waals surface area contributed by atoms with Crippen LogP contribution in [0.25, 0.3) is 6.08 Å². The zero-order valence-corrected chi connectivity index (χ0v) is 24.3. The van der Waals surface area contributed by atoms with Gasteiger partial charge in [0.2, 0.25) is 5.91 Å². The second-order valence-corrected chi connectivity index (χ2v) is 11.3. The van der Waals surface area contributed by atoms with Crippen molar-refractivity contribution in [2.24, 2.45) is 0 Å². The summed E-state index contributed by atoms with van der Waals surface area (Å²) in [6.07, 6.45) is 2.24. The smallest absolute Gasteiger partial charge is 0.272 e. The molecule has 40 heavy (non-hydrogen) atoms. The summed E-state index contributed by atoms with van der Waals surface area (Å²) < 4.78 is 0. The first-order valence-electron chi connectivity index (χ1n) is 12.6. The van der Waals surface area contributed by atoms with Crippen molar-refractivity contribution in [3.8, 4) is 0 Å². The van der Waals surface area contributed by atoms with Crippen LogP contribution in [-0.2, 0) is 9.59 Å². The van der Waals surface area contributed by atoms with Gasteiger partial charge in [0.25, 0.3) is 11.8 Å². The molecule has 204 valence electrons. The molecule has 0 aliphatic rings. The molecule has 0 radical (unpaired) electrons. The Kier molecular flexibility index (Phi) is 10.2. The van der Waals surface area contributed by atoms with Gasteiger partial charge in [0.1, 0.15) is 5.70 Å². The Morgan fingerprint density at radius 3 is 2.48 bits per heavy atom. The summed E-state index contributed by atoms with van der Waals surface area (Å²) in [6, 6.07) is 23.3. The van der Waals surface area contributed by atoms with Crippen LogP contribution in [0.3, 0.4) is 0 Å². The van der Waals surface area contributed by atoms with Crippen LogP contribution in [0, 0.1) is 6.92 Å². The molecule has 4 aromatic rings. The molecule has 0 saturated carbocycles. The number of hydrogen-bond acceptors (Lipinski definition) is 5. The van der Waals surface area contributed by atoms with Gasteiger partial charge in [-0.05, 0) is 89.8 Å². The zero-order chi connectivity index (χ0) is 28.5. The number of anilines is 2. The van der Waals surface area contributed by atoms with Gasteiger partial charge in [-0.2, -0.15) is 11.3 Å². The zero-order valence-electron chi connectivity index (χ0n) is 21.9. The van der Waals surface area contributed by atoms with E-state index >= 15 is 0 Å². The molecule has 0 fully saturated rings. The van der Waals surface area contributed by atoms with E-state index in [1.165, 1.54) is 23.1 Å². The molecule has 3 aromatic carbocycles.